The number of nitrogens with one attached hydrogen (secondary N) is 1. The molecule has 0 atom stereocenters. The summed E-state index contributed by atoms with van der Waals surface area (Å²) >= 11 is 0. The summed E-state index contributed by atoms with van der Waals surface area (Å²) in [7, 11) is 0. The van der Waals surface area contributed by atoms with Crippen LogP contribution in [0.25, 0.3) is 0 Å². The number of nitrogens with zero attached hydrogens (tertiary/aromatic N) is 1. The van der Waals surface area contributed by atoms with E-state index in [1.54, 1.807) is 29.2 Å². The van der Waals surface area contributed by atoms with Crippen molar-refractivity contribution in [1.82, 2.24) is 10.2 Å². The second-order valence-corrected chi connectivity index (χ2v) is 6.93. The van der Waals surface area contributed by atoms with Gasteiger partial charge in [0.25, 0.3) is 11.8 Å². The van der Waals surface area contributed by atoms with Crippen molar-refractivity contribution in [1.29, 1.82) is 0 Å². The summed E-state index contributed by atoms with van der Waals surface area (Å²) in [6.07, 6.45) is 2.88. The van der Waals surface area contributed by atoms with Crippen LogP contribution in [0.1, 0.15) is 33.8 Å². The molecule has 2 amide bonds. The van der Waals surface area contributed by atoms with Gasteiger partial charge in [-0.25, -0.2) is 0 Å². The molecule has 0 unspecified atom stereocenters. The average Bonchev–Trinajstić information content (AvgIpc) is 3.30. The molecule has 0 saturated carbocycles. The number of benzene rings is 2. The van der Waals surface area contributed by atoms with Crippen molar-refractivity contribution in [3.05, 3.63) is 84.3 Å². The topological polar surface area (TPSA) is 71.8 Å². The zero-order valence-corrected chi connectivity index (χ0v) is 15.9. The number of hydrogen-bond donors (Lipinski definition) is 1. The molecule has 1 aliphatic rings. The largest absolute Gasteiger partial charge is 0.459 e. The number of likely N-dealkylation sites (tertiary alicyclic amines) is 1. The van der Waals surface area contributed by atoms with Crippen LogP contribution in [0.3, 0.4) is 0 Å². The number of hydrogen-bond acceptors (Lipinski definition) is 4. The molecule has 1 N–H and O–H groups in total. The lowest BCUT2D eigenvalue weighted by molar-refractivity contribution is 0.0667. The Morgan fingerprint density at radius 2 is 1.66 bits per heavy atom. The van der Waals surface area contributed by atoms with Gasteiger partial charge in [-0.05, 0) is 49.2 Å². The zero-order valence-electron chi connectivity index (χ0n) is 15.9. The molecule has 4 rings (SSSR count). The third-order valence-electron chi connectivity index (χ3n) is 4.95. The minimum atomic E-state index is -0.174. The molecule has 1 aromatic heterocycles. The first-order valence-electron chi connectivity index (χ1n) is 9.66. The summed E-state index contributed by atoms with van der Waals surface area (Å²) in [4.78, 5) is 27.0. The van der Waals surface area contributed by atoms with Gasteiger partial charge in [-0.3, -0.25) is 9.59 Å². The first kappa shape index (κ1) is 18.8. The van der Waals surface area contributed by atoms with Crippen LogP contribution in [-0.2, 0) is 0 Å². The highest BCUT2D eigenvalue weighted by molar-refractivity contribution is 5.97. The average molecular weight is 390 g/mol. The van der Waals surface area contributed by atoms with Crippen LogP contribution >= 0.6 is 0 Å². The molecule has 0 aliphatic carbocycles. The van der Waals surface area contributed by atoms with E-state index < -0.39 is 0 Å². The highest BCUT2D eigenvalue weighted by Gasteiger charge is 2.26. The van der Waals surface area contributed by atoms with Crippen LogP contribution in [0.4, 0.5) is 0 Å². The van der Waals surface area contributed by atoms with Crippen LogP contribution in [0, 0.1) is 0 Å². The molecule has 2 heterocycles. The normalized spacial score (nSPS) is 14.4. The molecule has 2 aromatic carbocycles. The van der Waals surface area contributed by atoms with Crippen molar-refractivity contribution in [2.75, 3.05) is 13.1 Å². The molecule has 3 aromatic rings. The second kappa shape index (κ2) is 8.65. The molecular formula is C23H22N2O4. The van der Waals surface area contributed by atoms with E-state index in [1.165, 1.54) is 6.26 Å². The summed E-state index contributed by atoms with van der Waals surface area (Å²) in [6.45, 7) is 1.15. The van der Waals surface area contributed by atoms with Gasteiger partial charge in [-0.2, -0.15) is 0 Å². The van der Waals surface area contributed by atoms with Crippen LogP contribution in [-0.4, -0.2) is 35.8 Å². The maximum absolute atomic E-state index is 12.8. The van der Waals surface area contributed by atoms with Gasteiger partial charge in [0.05, 0.1) is 11.8 Å². The Bertz CT molecular complexity index is 962. The van der Waals surface area contributed by atoms with Gasteiger partial charge < -0.3 is 19.4 Å². The first-order valence-corrected chi connectivity index (χ1v) is 9.66. The number of carbonyl (C=O) groups is 2. The fourth-order valence-electron chi connectivity index (χ4n) is 3.40. The molecule has 1 aliphatic heterocycles. The fourth-order valence-corrected chi connectivity index (χ4v) is 3.40. The Kier molecular flexibility index (Phi) is 5.61. The smallest absolute Gasteiger partial charge is 0.289 e. The van der Waals surface area contributed by atoms with Gasteiger partial charge in [0.2, 0.25) is 0 Å². The number of para-hydroxylation sites is 2. The minimum absolute atomic E-state index is 0.00734. The Labute approximate surface area is 169 Å². The van der Waals surface area contributed by atoms with E-state index in [0.717, 1.165) is 0 Å². The number of furan rings is 1. The summed E-state index contributed by atoms with van der Waals surface area (Å²) < 4.78 is 11.1. The molecular weight excluding hydrogens is 368 g/mol. The quantitative estimate of drug-likeness (QED) is 0.712. The Hall–Kier alpha value is -3.54. The summed E-state index contributed by atoms with van der Waals surface area (Å²) in [5.74, 6) is 1.26. The van der Waals surface area contributed by atoms with E-state index in [2.05, 4.69) is 5.32 Å². The van der Waals surface area contributed by atoms with Crippen LogP contribution in [0.5, 0.6) is 11.5 Å². The van der Waals surface area contributed by atoms with Gasteiger partial charge in [-0.15, -0.1) is 0 Å². The summed E-state index contributed by atoms with van der Waals surface area (Å²) in [5, 5.41) is 3.08. The number of ether oxygens (including phenoxy) is 1. The number of piperidine rings is 1. The van der Waals surface area contributed by atoms with Crippen LogP contribution < -0.4 is 10.1 Å². The van der Waals surface area contributed by atoms with Crippen molar-refractivity contribution in [2.45, 2.75) is 18.9 Å². The lowest BCUT2D eigenvalue weighted by Crippen LogP contribution is -2.46. The summed E-state index contributed by atoms with van der Waals surface area (Å²) in [6, 6.07) is 19.9. The third-order valence-corrected chi connectivity index (χ3v) is 4.95. The highest BCUT2D eigenvalue weighted by atomic mass is 16.5. The highest BCUT2D eigenvalue weighted by Crippen LogP contribution is 2.25. The number of rotatable bonds is 5. The van der Waals surface area contributed by atoms with E-state index in [4.69, 9.17) is 9.15 Å². The Morgan fingerprint density at radius 1 is 0.931 bits per heavy atom. The first-order chi connectivity index (χ1) is 14.2. The van der Waals surface area contributed by atoms with Gasteiger partial charge in [0.15, 0.2) is 5.76 Å². The predicted octanol–water partition coefficient (Wildman–Crippen LogP) is 4.11. The fraction of sp³-hybridized carbons (Fsp3) is 0.217. The Morgan fingerprint density at radius 3 is 2.38 bits per heavy atom. The molecule has 6 heteroatoms. The minimum Gasteiger partial charge on any atom is -0.459 e. The maximum Gasteiger partial charge on any atom is 0.289 e. The predicted molar refractivity (Wildman–Crippen MR) is 108 cm³/mol. The maximum atomic E-state index is 12.8. The van der Waals surface area contributed by atoms with Crippen molar-refractivity contribution in [2.24, 2.45) is 0 Å². The van der Waals surface area contributed by atoms with Crippen molar-refractivity contribution >= 4 is 11.8 Å². The molecule has 148 valence electrons. The van der Waals surface area contributed by atoms with Crippen LogP contribution in [0.15, 0.2) is 77.4 Å². The number of amides is 2. The standard InChI is InChI=1S/C23H22N2O4/c26-22(19-9-4-5-10-20(19)29-18-7-2-1-3-8-18)24-17-12-14-25(15-13-17)23(27)21-11-6-16-28-21/h1-11,16-17H,12-15H2,(H,24,26). The van der Waals surface area contributed by atoms with Crippen molar-refractivity contribution in [3.63, 3.8) is 0 Å². The van der Waals surface area contributed by atoms with Gasteiger partial charge in [0.1, 0.15) is 11.5 Å². The molecule has 1 saturated heterocycles. The summed E-state index contributed by atoms with van der Waals surface area (Å²) in [5.41, 5.74) is 0.491. The number of carbonyl (C=O) groups excluding carboxylic acids is 2. The lowest BCUT2D eigenvalue weighted by atomic mass is 10.0. The van der Waals surface area contributed by atoms with E-state index >= 15 is 0 Å². The second-order valence-electron chi connectivity index (χ2n) is 6.93. The SMILES string of the molecule is O=C(NC1CCN(C(=O)c2ccco2)CC1)c1ccccc1Oc1ccccc1. The molecule has 0 bridgehead atoms. The van der Waals surface area contributed by atoms with Gasteiger partial charge in [0, 0.05) is 19.1 Å². The van der Waals surface area contributed by atoms with Crippen LogP contribution in [0.2, 0.25) is 0 Å². The molecule has 1 fully saturated rings. The van der Waals surface area contributed by atoms with E-state index in [1.807, 2.05) is 42.5 Å². The van der Waals surface area contributed by atoms with Gasteiger partial charge >= 0.3 is 0 Å². The van der Waals surface area contributed by atoms with E-state index in [0.29, 0.717) is 48.8 Å². The molecule has 29 heavy (non-hydrogen) atoms. The van der Waals surface area contributed by atoms with Crippen molar-refractivity contribution in [3.8, 4) is 11.5 Å². The lowest BCUT2D eigenvalue weighted by Gasteiger charge is -2.32. The molecule has 0 radical (unpaired) electrons. The monoisotopic (exact) mass is 390 g/mol. The molecule has 6 nitrogen and oxygen atoms in total. The van der Waals surface area contributed by atoms with E-state index in [9.17, 15) is 9.59 Å². The van der Waals surface area contributed by atoms with Gasteiger partial charge in [-0.1, -0.05) is 30.3 Å². The Balaban J connectivity index is 1.36. The van der Waals surface area contributed by atoms with Crippen molar-refractivity contribution < 1.29 is 18.7 Å². The molecule has 0 spiro atoms. The zero-order chi connectivity index (χ0) is 20.1. The van der Waals surface area contributed by atoms with E-state index in [-0.39, 0.29) is 17.9 Å². The third kappa shape index (κ3) is 4.48.